The first-order valence-corrected chi connectivity index (χ1v) is 9.40. The van der Waals surface area contributed by atoms with E-state index in [0.29, 0.717) is 19.0 Å². The molecule has 138 valence electrons. The van der Waals surface area contributed by atoms with Gasteiger partial charge < -0.3 is 14.9 Å². The Balaban J connectivity index is 1.40. The highest BCUT2D eigenvalue weighted by Gasteiger charge is 2.12. The van der Waals surface area contributed by atoms with Crippen LogP contribution in [0.3, 0.4) is 0 Å². The van der Waals surface area contributed by atoms with Crippen molar-refractivity contribution in [3.63, 3.8) is 0 Å². The predicted molar refractivity (Wildman–Crippen MR) is 109 cm³/mol. The molecule has 0 radical (unpaired) electrons. The summed E-state index contributed by atoms with van der Waals surface area (Å²) in [4.78, 5) is 20.1. The lowest BCUT2D eigenvalue weighted by Gasteiger charge is -2.08. The van der Waals surface area contributed by atoms with Gasteiger partial charge in [-0.3, -0.25) is 4.79 Å². The average Bonchev–Trinajstić information content (AvgIpc) is 3.26. The van der Waals surface area contributed by atoms with E-state index in [1.807, 2.05) is 24.3 Å². The lowest BCUT2D eigenvalue weighted by Crippen LogP contribution is -2.23. The van der Waals surface area contributed by atoms with E-state index in [0.717, 1.165) is 23.3 Å². The number of nitrogens with zero attached hydrogens (tertiary/aromatic N) is 2. The van der Waals surface area contributed by atoms with Gasteiger partial charge in [-0.25, -0.2) is 4.98 Å². The van der Waals surface area contributed by atoms with E-state index in [-0.39, 0.29) is 5.91 Å². The zero-order valence-corrected chi connectivity index (χ0v) is 15.7. The zero-order valence-electron chi connectivity index (χ0n) is 15.7. The molecule has 4 rings (SSSR count). The molecule has 0 aliphatic heterocycles. The molecule has 0 saturated carbocycles. The smallest absolute Gasteiger partial charge is 0.220 e. The zero-order chi connectivity index (χ0) is 18.8. The second kappa shape index (κ2) is 7.27. The number of H-pyrrole nitrogens is 1. The molecule has 2 heterocycles. The minimum atomic E-state index is 0.0387. The Labute approximate surface area is 158 Å². The number of para-hydroxylation sites is 3. The largest absolute Gasteiger partial charge is 0.349 e. The molecule has 5 nitrogen and oxygen atoms in total. The fourth-order valence-corrected chi connectivity index (χ4v) is 3.51. The van der Waals surface area contributed by atoms with E-state index in [4.69, 9.17) is 0 Å². The number of fused-ring (bicyclic) bond motifs is 2. The van der Waals surface area contributed by atoms with Crippen molar-refractivity contribution in [3.8, 4) is 0 Å². The molecular weight excluding hydrogens is 336 g/mol. The van der Waals surface area contributed by atoms with Crippen LogP contribution in [0, 0.1) is 0 Å². The van der Waals surface area contributed by atoms with E-state index in [9.17, 15) is 4.79 Å². The van der Waals surface area contributed by atoms with E-state index in [1.165, 1.54) is 16.5 Å². The summed E-state index contributed by atoms with van der Waals surface area (Å²) in [6.07, 6.45) is 3.38. The van der Waals surface area contributed by atoms with Crippen molar-refractivity contribution in [2.45, 2.75) is 39.3 Å². The molecule has 0 bridgehead atoms. The number of aromatic nitrogens is 3. The Morgan fingerprint density at radius 2 is 1.93 bits per heavy atom. The molecule has 4 aromatic rings. The molecule has 0 atom stereocenters. The van der Waals surface area contributed by atoms with E-state index < -0.39 is 0 Å². The number of carbonyl (C=O) groups is 1. The van der Waals surface area contributed by atoms with Crippen LogP contribution in [0.25, 0.3) is 21.9 Å². The first-order valence-electron chi connectivity index (χ1n) is 9.40. The first-order chi connectivity index (χ1) is 13.1. The molecular formula is C22H24N4O. The molecule has 0 unspecified atom stereocenters. The Kier molecular flexibility index (Phi) is 4.67. The van der Waals surface area contributed by atoms with Gasteiger partial charge >= 0.3 is 0 Å². The van der Waals surface area contributed by atoms with Crippen LogP contribution in [-0.4, -0.2) is 20.4 Å². The first kappa shape index (κ1) is 17.3. The molecule has 1 amide bonds. The van der Waals surface area contributed by atoms with E-state index >= 15 is 0 Å². The lowest BCUT2D eigenvalue weighted by atomic mass is 10.1. The van der Waals surface area contributed by atoms with Gasteiger partial charge in [0, 0.05) is 29.6 Å². The van der Waals surface area contributed by atoms with Crippen LogP contribution >= 0.6 is 0 Å². The third-order valence-corrected chi connectivity index (χ3v) is 4.89. The topological polar surface area (TPSA) is 62.7 Å². The maximum Gasteiger partial charge on any atom is 0.220 e. The van der Waals surface area contributed by atoms with Crippen molar-refractivity contribution in [2.24, 2.45) is 0 Å². The molecule has 0 saturated heterocycles. The summed E-state index contributed by atoms with van der Waals surface area (Å²) in [5.41, 5.74) is 4.36. The van der Waals surface area contributed by atoms with Crippen molar-refractivity contribution >= 4 is 27.8 Å². The monoisotopic (exact) mass is 360 g/mol. The molecule has 0 fully saturated rings. The fourth-order valence-electron chi connectivity index (χ4n) is 3.51. The minimum absolute atomic E-state index is 0.0387. The standard InChI is InChI=1S/C22H24N4O/c1-15(2)26-14-16(17-7-3-6-10-20(17)26)11-12-22(27)23-13-21-24-18-8-4-5-9-19(18)25-21/h3-10,14-15H,11-13H2,1-2H3,(H,23,27)(H,24,25). The summed E-state index contributed by atoms with van der Waals surface area (Å²) in [6.45, 7) is 4.77. The molecule has 0 aliphatic rings. The molecule has 2 N–H and O–H groups in total. The highest BCUT2D eigenvalue weighted by molar-refractivity contribution is 5.85. The van der Waals surface area contributed by atoms with Crippen LogP contribution in [0.15, 0.2) is 54.7 Å². The highest BCUT2D eigenvalue weighted by Crippen LogP contribution is 2.25. The SMILES string of the molecule is CC(C)n1cc(CCC(=O)NCc2nc3ccccc3[nH]2)c2ccccc21. The molecule has 2 aromatic carbocycles. The van der Waals surface area contributed by atoms with Gasteiger partial charge in [0.15, 0.2) is 0 Å². The van der Waals surface area contributed by atoms with Crippen molar-refractivity contribution in [2.75, 3.05) is 0 Å². The van der Waals surface area contributed by atoms with E-state index in [1.54, 1.807) is 0 Å². The van der Waals surface area contributed by atoms with Gasteiger partial charge in [-0.1, -0.05) is 30.3 Å². The molecule has 27 heavy (non-hydrogen) atoms. The number of benzene rings is 2. The highest BCUT2D eigenvalue weighted by atomic mass is 16.1. The van der Waals surface area contributed by atoms with Gasteiger partial charge in [-0.05, 0) is 44.0 Å². The van der Waals surface area contributed by atoms with Crippen LogP contribution in [0.1, 0.15) is 37.7 Å². The van der Waals surface area contributed by atoms with Gasteiger partial charge in [-0.15, -0.1) is 0 Å². The van der Waals surface area contributed by atoms with Gasteiger partial charge in [0.25, 0.3) is 0 Å². The van der Waals surface area contributed by atoms with Crippen LogP contribution in [0.5, 0.6) is 0 Å². The predicted octanol–water partition coefficient (Wildman–Crippen LogP) is 4.35. The maximum absolute atomic E-state index is 12.3. The van der Waals surface area contributed by atoms with Crippen LogP contribution in [-0.2, 0) is 17.8 Å². The normalized spacial score (nSPS) is 11.5. The number of rotatable bonds is 6. The third-order valence-electron chi connectivity index (χ3n) is 4.89. The number of carbonyl (C=O) groups excluding carboxylic acids is 1. The Bertz CT molecular complexity index is 1060. The van der Waals surface area contributed by atoms with Crippen molar-refractivity contribution in [3.05, 3.63) is 66.1 Å². The molecule has 2 aromatic heterocycles. The van der Waals surface area contributed by atoms with Gasteiger partial charge in [0.2, 0.25) is 5.91 Å². The average molecular weight is 360 g/mol. The van der Waals surface area contributed by atoms with Crippen LogP contribution in [0.2, 0.25) is 0 Å². The Morgan fingerprint density at radius 3 is 2.74 bits per heavy atom. The Hall–Kier alpha value is -3.08. The second-order valence-corrected chi connectivity index (χ2v) is 7.15. The molecule has 0 aliphatic carbocycles. The number of aromatic amines is 1. The quantitative estimate of drug-likeness (QED) is 0.537. The second-order valence-electron chi connectivity index (χ2n) is 7.15. The number of amides is 1. The summed E-state index contributed by atoms with van der Waals surface area (Å²) < 4.78 is 2.27. The van der Waals surface area contributed by atoms with Crippen molar-refractivity contribution in [1.82, 2.24) is 19.9 Å². The fraction of sp³-hybridized carbons (Fsp3) is 0.273. The van der Waals surface area contributed by atoms with Crippen LogP contribution < -0.4 is 5.32 Å². The Morgan fingerprint density at radius 1 is 1.15 bits per heavy atom. The van der Waals surface area contributed by atoms with Crippen molar-refractivity contribution < 1.29 is 4.79 Å². The minimum Gasteiger partial charge on any atom is -0.349 e. The summed E-state index contributed by atoms with van der Waals surface area (Å²) in [6, 6.07) is 16.7. The van der Waals surface area contributed by atoms with Gasteiger partial charge in [0.1, 0.15) is 5.82 Å². The van der Waals surface area contributed by atoms with E-state index in [2.05, 4.69) is 64.2 Å². The number of hydrogen-bond acceptors (Lipinski definition) is 2. The summed E-state index contributed by atoms with van der Waals surface area (Å²) in [5.74, 6) is 0.817. The number of hydrogen-bond donors (Lipinski definition) is 2. The van der Waals surface area contributed by atoms with Gasteiger partial charge in [-0.2, -0.15) is 0 Å². The van der Waals surface area contributed by atoms with Gasteiger partial charge in [0.05, 0.1) is 17.6 Å². The summed E-state index contributed by atoms with van der Waals surface area (Å²) in [7, 11) is 0. The summed E-state index contributed by atoms with van der Waals surface area (Å²) >= 11 is 0. The number of imidazole rings is 1. The maximum atomic E-state index is 12.3. The number of aryl methyl sites for hydroxylation is 1. The lowest BCUT2D eigenvalue weighted by molar-refractivity contribution is -0.121. The third kappa shape index (κ3) is 3.58. The molecule has 0 spiro atoms. The molecule has 5 heteroatoms. The van der Waals surface area contributed by atoms with Crippen LogP contribution in [0.4, 0.5) is 0 Å². The van der Waals surface area contributed by atoms with Crippen molar-refractivity contribution in [1.29, 1.82) is 0 Å². The summed E-state index contributed by atoms with van der Waals surface area (Å²) in [5, 5.41) is 4.20. The number of nitrogens with one attached hydrogen (secondary N) is 2.